The molecule has 5 nitrogen and oxygen atoms in total. The van der Waals surface area contributed by atoms with Gasteiger partial charge in [-0.05, 0) is 42.8 Å². The molecule has 2 amide bonds. The number of carbonyl (C=O) groups excluding carboxylic acids is 2. The molecule has 0 unspecified atom stereocenters. The number of thioether (sulfide) groups is 1. The van der Waals surface area contributed by atoms with Crippen LogP contribution in [0.3, 0.4) is 0 Å². The molecule has 138 valence electrons. The number of benzene rings is 2. The van der Waals surface area contributed by atoms with Crippen molar-refractivity contribution in [1.82, 2.24) is 4.98 Å². The Bertz CT molecular complexity index is 936. The minimum Gasteiger partial charge on any atom is -0.326 e. The number of rotatable bonds is 6. The third-order valence-electron chi connectivity index (χ3n) is 4.37. The SMILES string of the molecule is O=C(CCSc1nc2ccccc2s1)Nc1ccc(N2CCCC2=O)cc1. The fraction of sp³-hybridized carbons (Fsp3) is 0.250. The van der Waals surface area contributed by atoms with Crippen LogP contribution in [-0.4, -0.2) is 29.1 Å². The van der Waals surface area contributed by atoms with Gasteiger partial charge in [0.2, 0.25) is 11.8 Å². The van der Waals surface area contributed by atoms with E-state index >= 15 is 0 Å². The molecular formula is C20H19N3O2S2. The second-order valence-electron chi connectivity index (χ2n) is 6.29. The molecule has 1 fully saturated rings. The van der Waals surface area contributed by atoms with Gasteiger partial charge >= 0.3 is 0 Å². The molecule has 2 aromatic carbocycles. The largest absolute Gasteiger partial charge is 0.326 e. The number of anilines is 2. The van der Waals surface area contributed by atoms with Crippen LogP contribution in [0.2, 0.25) is 0 Å². The Morgan fingerprint density at radius 1 is 1.19 bits per heavy atom. The quantitative estimate of drug-likeness (QED) is 0.620. The fourth-order valence-corrected chi connectivity index (χ4v) is 5.09. The standard InChI is InChI=1S/C20H19N3O2S2/c24-18(11-13-26-20-22-16-4-1-2-5-17(16)27-20)21-14-7-9-15(10-8-14)23-12-3-6-19(23)25/h1-2,4-5,7-10H,3,6,11-13H2,(H,21,24). The molecule has 27 heavy (non-hydrogen) atoms. The molecule has 1 aliphatic heterocycles. The van der Waals surface area contributed by atoms with Crippen LogP contribution in [0.5, 0.6) is 0 Å². The van der Waals surface area contributed by atoms with Crippen molar-refractivity contribution < 1.29 is 9.59 Å². The van der Waals surface area contributed by atoms with Crippen LogP contribution >= 0.6 is 23.1 Å². The molecule has 0 atom stereocenters. The van der Waals surface area contributed by atoms with E-state index in [1.165, 1.54) is 4.70 Å². The number of amides is 2. The van der Waals surface area contributed by atoms with Gasteiger partial charge in [-0.2, -0.15) is 0 Å². The average Bonchev–Trinajstić information content (AvgIpc) is 3.28. The van der Waals surface area contributed by atoms with E-state index in [0.717, 1.165) is 34.2 Å². The number of para-hydroxylation sites is 1. The molecular weight excluding hydrogens is 378 g/mol. The van der Waals surface area contributed by atoms with Gasteiger partial charge in [-0.15, -0.1) is 11.3 Å². The second-order valence-corrected chi connectivity index (χ2v) is 8.66. The zero-order chi connectivity index (χ0) is 18.6. The summed E-state index contributed by atoms with van der Waals surface area (Å²) in [6.45, 7) is 0.771. The summed E-state index contributed by atoms with van der Waals surface area (Å²) >= 11 is 3.26. The maximum Gasteiger partial charge on any atom is 0.227 e. The summed E-state index contributed by atoms with van der Waals surface area (Å²) in [7, 11) is 0. The lowest BCUT2D eigenvalue weighted by Crippen LogP contribution is -2.23. The highest BCUT2D eigenvalue weighted by molar-refractivity contribution is 8.01. The van der Waals surface area contributed by atoms with Crippen LogP contribution in [0.25, 0.3) is 10.2 Å². The van der Waals surface area contributed by atoms with Crippen LogP contribution < -0.4 is 10.2 Å². The first-order valence-electron chi connectivity index (χ1n) is 8.88. The summed E-state index contributed by atoms with van der Waals surface area (Å²) in [4.78, 5) is 30.3. The van der Waals surface area contributed by atoms with E-state index in [4.69, 9.17) is 0 Å². The molecule has 1 aromatic heterocycles. The summed E-state index contributed by atoms with van der Waals surface area (Å²) in [6.07, 6.45) is 1.95. The maximum absolute atomic E-state index is 12.2. The zero-order valence-electron chi connectivity index (χ0n) is 14.7. The van der Waals surface area contributed by atoms with E-state index in [-0.39, 0.29) is 11.8 Å². The van der Waals surface area contributed by atoms with Crippen molar-refractivity contribution in [2.45, 2.75) is 23.6 Å². The molecule has 4 rings (SSSR count). The van der Waals surface area contributed by atoms with Crippen molar-refractivity contribution in [3.05, 3.63) is 48.5 Å². The van der Waals surface area contributed by atoms with E-state index in [0.29, 0.717) is 18.6 Å². The highest BCUT2D eigenvalue weighted by Gasteiger charge is 2.21. The number of fused-ring (bicyclic) bond motifs is 1. The number of nitrogens with one attached hydrogen (secondary N) is 1. The number of thiazole rings is 1. The molecule has 1 N–H and O–H groups in total. The summed E-state index contributed by atoms with van der Waals surface area (Å²) in [5.74, 6) is 0.832. The van der Waals surface area contributed by atoms with Crippen LogP contribution in [-0.2, 0) is 9.59 Å². The van der Waals surface area contributed by atoms with Crippen LogP contribution in [0, 0.1) is 0 Å². The van der Waals surface area contributed by atoms with Gasteiger partial charge in [0.25, 0.3) is 0 Å². The van der Waals surface area contributed by atoms with E-state index in [2.05, 4.69) is 16.4 Å². The Kier molecular flexibility index (Phi) is 5.40. The second kappa shape index (κ2) is 8.10. The van der Waals surface area contributed by atoms with Crippen molar-refractivity contribution in [3.8, 4) is 0 Å². The molecule has 0 aliphatic carbocycles. The van der Waals surface area contributed by atoms with Crippen molar-refractivity contribution in [1.29, 1.82) is 0 Å². The minimum absolute atomic E-state index is 0.0198. The number of aromatic nitrogens is 1. The van der Waals surface area contributed by atoms with Crippen molar-refractivity contribution >= 4 is 56.5 Å². The Morgan fingerprint density at radius 2 is 2.00 bits per heavy atom. The third kappa shape index (κ3) is 4.31. The molecule has 1 saturated heterocycles. The maximum atomic E-state index is 12.2. The lowest BCUT2D eigenvalue weighted by Gasteiger charge is -2.16. The van der Waals surface area contributed by atoms with Crippen molar-refractivity contribution in [2.75, 3.05) is 22.5 Å². The first-order valence-corrected chi connectivity index (χ1v) is 10.7. The molecule has 0 radical (unpaired) electrons. The summed E-state index contributed by atoms with van der Waals surface area (Å²) in [5.41, 5.74) is 2.65. The molecule has 2 heterocycles. The van der Waals surface area contributed by atoms with Crippen LogP contribution in [0.4, 0.5) is 11.4 Å². The Labute approximate surface area is 165 Å². The summed E-state index contributed by atoms with van der Waals surface area (Å²) in [6, 6.07) is 15.5. The molecule has 1 aliphatic rings. The molecule has 0 spiro atoms. The van der Waals surface area contributed by atoms with E-state index in [1.807, 2.05) is 42.5 Å². The Morgan fingerprint density at radius 3 is 2.74 bits per heavy atom. The number of hydrogen-bond donors (Lipinski definition) is 1. The molecule has 0 saturated carbocycles. The Balaban J connectivity index is 1.27. The lowest BCUT2D eigenvalue weighted by molar-refractivity contribution is -0.117. The highest BCUT2D eigenvalue weighted by atomic mass is 32.2. The van der Waals surface area contributed by atoms with E-state index < -0.39 is 0 Å². The normalized spacial score (nSPS) is 14.1. The molecule has 7 heteroatoms. The summed E-state index contributed by atoms with van der Waals surface area (Å²) < 4.78 is 2.16. The number of nitrogens with zero attached hydrogens (tertiary/aromatic N) is 2. The van der Waals surface area contributed by atoms with Gasteiger partial charge in [0.15, 0.2) is 4.34 Å². The Hall–Kier alpha value is -2.38. The monoisotopic (exact) mass is 397 g/mol. The topological polar surface area (TPSA) is 62.3 Å². The van der Waals surface area contributed by atoms with Crippen molar-refractivity contribution in [2.24, 2.45) is 0 Å². The zero-order valence-corrected chi connectivity index (χ0v) is 16.3. The van der Waals surface area contributed by atoms with Crippen molar-refractivity contribution in [3.63, 3.8) is 0 Å². The van der Waals surface area contributed by atoms with Gasteiger partial charge in [0.05, 0.1) is 10.2 Å². The highest BCUT2D eigenvalue weighted by Crippen LogP contribution is 2.29. The number of carbonyl (C=O) groups is 2. The van der Waals surface area contributed by atoms with E-state index in [9.17, 15) is 9.59 Å². The minimum atomic E-state index is -0.0198. The van der Waals surface area contributed by atoms with Gasteiger partial charge in [-0.1, -0.05) is 23.9 Å². The first-order chi connectivity index (χ1) is 13.2. The average molecular weight is 398 g/mol. The first kappa shape index (κ1) is 18.0. The van der Waals surface area contributed by atoms with Gasteiger partial charge in [0, 0.05) is 36.5 Å². The smallest absolute Gasteiger partial charge is 0.227 e. The van der Waals surface area contributed by atoms with Gasteiger partial charge in [0.1, 0.15) is 0 Å². The third-order valence-corrected chi connectivity index (χ3v) is 6.55. The van der Waals surface area contributed by atoms with E-state index in [1.54, 1.807) is 28.0 Å². The van der Waals surface area contributed by atoms with Gasteiger partial charge in [-0.25, -0.2) is 4.98 Å². The van der Waals surface area contributed by atoms with Gasteiger partial charge < -0.3 is 10.2 Å². The molecule has 0 bridgehead atoms. The lowest BCUT2D eigenvalue weighted by atomic mass is 10.2. The number of hydrogen-bond acceptors (Lipinski definition) is 5. The summed E-state index contributed by atoms with van der Waals surface area (Å²) in [5, 5.41) is 2.91. The van der Waals surface area contributed by atoms with Gasteiger partial charge in [-0.3, -0.25) is 9.59 Å². The van der Waals surface area contributed by atoms with Crippen LogP contribution in [0.1, 0.15) is 19.3 Å². The van der Waals surface area contributed by atoms with Crippen LogP contribution in [0.15, 0.2) is 52.9 Å². The predicted octanol–water partition coefficient (Wildman–Crippen LogP) is 4.54. The predicted molar refractivity (Wildman–Crippen MR) is 112 cm³/mol. The fourth-order valence-electron chi connectivity index (χ4n) is 3.01. The molecule has 3 aromatic rings.